The lowest BCUT2D eigenvalue weighted by Gasteiger charge is -2.34. The smallest absolute Gasteiger partial charge is 0.417 e. The van der Waals surface area contributed by atoms with Crippen LogP contribution in [0.15, 0.2) is 84.9 Å². The minimum atomic E-state index is -3.57. The molecule has 1 saturated heterocycles. The molecule has 29 heavy (non-hydrogen) atoms. The first kappa shape index (κ1) is 19.7. The van der Waals surface area contributed by atoms with Crippen molar-refractivity contribution in [2.24, 2.45) is 0 Å². The molecule has 0 saturated carbocycles. The van der Waals surface area contributed by atoms with Gasteiger partial charge in [-0.3, -0.25) is 14.6 Å². The lowest BCUT2D eigenvalue weighted by Crippen LogP contribution is -2.14. The number of rotatable bonds is 5. The van der Waals surface area contributed by atoms with Crippen molar-refractivity contribution in [3.05, 3.63) is 106 Å². The number of nitro benzene ring substituents is 1. The average Bonchev–Trinajstić information content (AvgIpc) is 2.75. The molecule has 1 aliphatic rings. The Balaban J connectivity index is 1.63. The Labute approximate surface area is 172 Å². The van der Waals surface area contributed by atoms with Crippen LogP contribution in [0.1, 0.15) is 28.9 Å². The molecule has 0 aromatic heterocycles. The first-order valence-corrected chi connectivity index (χ1v) is 12.1. The van der Waals surface area contributed by atoms with E-state index in [0.29, 0.717) is 6.42 Å². The highest BCUT2D eigenvalue weighted by Gasteiger charge is 2.42. The van der Waals surface area contributed by atoms with Crippen molar-refractivity contribution >= 4 is 23.9 Å². The van der Waals surface area contributed by atoms with Gasteiger partial charge in [-0.25, -0.2) is 4.57 Å². The van der Waals surface area contributed by atoms with Crippen LogP contribution in [-0.2, 0) is 9.09 Å². The van der Waals surface area contributed by atoms with Crippen molar-refractivity contribution in [3.8, 4) is 5.75 Å². The molecule has 1 heterocycles. The lowest BCUT2D eigenvalue weighted by atomic mass is 10.0. The molecule has 0 bridgehead atoms. The van der Waals surface area contributed by atoms with Gasteiger partial charge in [0.25, 0.3) is 5.69 Å². The normalized spacial score (nSPS) is 24.0. The summed E-state index contributed by atoms with van der Waals surface area (Å²) in [6.45, 7) is -3.57. The molecule has 0 amide bonds. The molecule has 1 fully saturated rings. The number of benzene rings is 3. The van der Waals surface area contributed by atoms with Crippen LogP contribution in [0.3, 0.4) is 0 Å². The highest BCUT2D eigenvalue weighted by molar-refractivity contribution is 8.55. The summed E-state index contributed by atoms with van der Waals surface area (Å²) < 4.78 is 25.3. The minimum Gasteiger partial charge on any atom is -0.417 e. The van der Waals surface area contributed by atoms with E-state index in [0.717, 1.165) is 11.1 Å². The Hall–Kier alpha value is -2.60. The van der Waals surface area contributed by atoms with Gasteiger partial charge in [-0.2, -0.15) is 0 Å². The van der Waals surface area contributed by atoms with Gasteiger partial charge in [-0.05, 0) is 41.1 Å². The molecule has 0 unspecified atom stereocenters. The van der Waals surface area contributed by atoms with Gasteiger partial charge in [-0.15, -0.1) is 0 Å². The maximum atomic E-state index is 13.6. The molecule has 0 N–H and O–H groups in total. The Morgan fingerprint density at radius 2 is 1.52 bits per heavy atom. The molecule has 3 atom stereocenters. The van der Waals surface area contributed by atoms with Crippen LogP contribution in [0.2, 0.25) is 0 Å². The van der Waals surface area contributed by atoms with Gasteiger partial charge in [0, 0.05) is 17.4 Å². The van der Waals surface area contributed by atoms with Gasteiger partial charge in [0.1, 0.15) is 5.75 Å². The third kappa shape index (κ3) is 4.70. The van der Waals surface area contributed by atoms with Gasteiger partial charge in [0.15, 0.2) is 0 Å². The summed E-state index contributed by atoms with van der Waals surface area (Å²) in [6.07, 6.45) is 0.276. The minimum absolute atomic E-state index is 0.0582. The number of non-ortho nitro benzene ring substituents is 1. The van der Waals surface area contributed by atoms with E-state index in [4.69, 9.17) is 9.05 Å². The quantitative estimate of drug-likeness (QED) is 0.256. The van der Waals surface area contributed by atoms with E-state index in [-0.39, 0.29) is 22.8 Å². The number of hydrogen-bond acceptors (Lipinski definition) is 6. The van der Waals surface area contributed by atoms with E-state index >= 15 is 0 Å². The molecule has 148 valence electrons. The van der Waals surface area contributed by atoms with Gasteiger partial charge >= 0.3 is 6.80 Å². The zero-order valence-electron chi connectivity index (χ0n) is 15.3. The van der Waals surface area contributed by atoms with Crippen LogP contribution < -0.4 is 4.52 Å². The second-order valence-corrected chi connectivity index (χ2v) is 10.6. The molecular weight excluding hydrogens is 409 g/mol. The second-order valence-electron chi connectivity index (χ2n) is 6.53. The van der Waals surface area contributed by atoms with Gasteiger partial charge in [0.2, 0.25) is 0 Å². The molecule has 0 radical (unpaired) electrons. The van der Waals surface area contributed by atoms with E-state index in [1.807, 2.05) is 60.7 Å². The molecule has 4 rings (SSSR count). The van der Waals surface area contributed by atoms with E-state index in [1.54, 1.807) is 0 Å². The summed E-state index contributed by atoms with van der Waals surface area (Å²) in [5, 5.41) is 10.8. The van der Waals surface area contributed by atoms with E-state index in [2.05, 4.69) is 0 Å². The summed E-state index contributed by atoms with van der Waals surface area (Å²) in [6, 6.07) is 25.0. The fourth-order valence-corrected chi connectivity index (χ4v) is 7.44. The lowest BCUT2D eigenvalue weighted by molar-refractivity contribution is -0.384. The monoisotopic (exact) mass is 427 g/mol. The molecular formula is C21H18NO5PS. The Morgan fingerprint density at radius 3 is 2.10 bits per heavy atom. The first-order chi connectivity index (χ1) is 14.0. The fraction of sp³-hybridized carbons (Fsp3) is 0.143. The third-order valence-electron chi connectivity index (χ3n) is 4.55. The molecule has 8 heteroatoms. The Bertz CT molecular complexity index is 978. The Kier molecular flexibility index (Phi) is 5.72. The van der Waals surface area contributed by atoms with Crippen LogP contribution in [0.25, 0.3) is 0 Å². The zero-order chi connectivity index (χ0) is 20.3. The van der Waals surface area contributed by atoms with E-state index < -0.39 is 11.7 Å². The summed E-state index contributed by atoms with van der Waals surface area (Å²) in [4.78, 5) is 10.4. The first-order valence-electron chi connectivity index (χ1n) is 9.03. The van der Waals surface area contributed by atoms with Crippen molar-refractivity contribution in [1.82, 2.24) is 0 Å². The van der Waals surface area contributed by atoms with Crippen molar-refractivity contribution in [2.75, 3.05) is 0 Å². The third-order valence-corrected chi connectivity index (χ3v) is 8.49. The topological polar surface area (TPSA) is 78.7 Å². The highest BCUT2D eigenvalue weighted by atomic mass is 32.7. The molecule has 0 spiro atoms. The largest absolute Gasteiger partial charge is 0.441 e. The van der Waals surface area contributed by atoms with E-state index in [9.17, 15) is 14.7 Å². The van der Waals surface area contributed by atoms with Crippen molar-refractivity contribution < 1.29 is 18.5 Å². The van der Waals surface area contributed by atoms with Crippen LogP contribution >= 0.6 is 18.2 Å². The fourth-order valence-electron chi connectivity index (χ4n) is 3.15. The van der Waals surface area contributed by atoms with Gasteiger partial charge in [-0.1, -0.05) is 60.7 Å². The number of hydrogen-bond donors (Lipinski definition) is 0. The SMILES string of the molecule is O=[N+]([O-])c1ccc(O[P@@]2(=O)O[C@H](c3ccccc3)C[C@H](c3ccccc3)S2)cc1. The van der Waals surface area contributed by atoms with Crippen molar-refractivity contribution in [2.45, 2.75) is 17.8 Å². The maximum Gasteiger partial charge on any atom is 0.441 e. The Morgan fingerprint density at radius 1 is 0.931 bits per heavy atom. The van der Waals surface area contributed by atoms with Crippen LogP contribution in [-0.4, -0.2) is 4.92 Å². The second kappa shape index (κ2) is 8.41. The predicted octanol–water partition coefficient (Wildman–Crippen LogP) is 6.72. The van der Waals surface area contributed by atoms with Crippen LogP contribution in [0, 0.1) is 10.1 Å². The molecule has 1 aliphatic heterocycles. The van der Waals surface area contributed by atoms with Crippen LogP contribution in [0.4, 0.5) is 5.69 Å². The zero-order valence-corrected chi connectivity index (χ0v) is 17.0. The summed E-state index contributed by atoms with van der Waals surface area (Å²) in [7, 11) is 0. The summed E-state index contributed by atoms with van der Waals surface area (Å²) >= 11 is 1.17. The van der Waals surface area contributed by atoms with Gasteiger partial charge < -0.3 is 4.52 Å². The molecule has 3 aromatic carbocycles. The number of nitro groups is 1. The standard InChI is InChI=1S/C21H18NO5PS/c23-22(24)18-11-13-19(14-12-18)26-28(25)27-20(16-7-3-1-4-8-16)15-21(29-28)17-9-5-2-6-10-17/h1-14,20-21H,15H2/t20-,21+,28-/m0/s1. The summed E-state index contributed by atoms with van der Waals surface area (Å²) in [5.74, 6) is 0.270. The summed E-state index contributed by atoms with van der Waals surface area (Å²) in [5.41, 5.74) is 1.92. The van der Waals surface area contributed by atoms with Crippen LogP contribution in [0.5, 0.6) is 5.75 Å². The van der Waals surface area contributed by atoms with Gasteiger partial charge in [0.05, 0.1) is 11.0 Å². The molecule has 0 aliphatic carbocycles. The predicted molar refractivity (Wildman–Crippen MR) is 113 cm³/mol. The molecule has 3 aromatic rings. The van der Waals surface area contributed by atoms with Crippen molar-refractivity contribution in [1.29, 1.82) is 0 Å². The maximum absolute atomic E-state index is 13.6. The molecule has 6 nitrogen and oxygen atoms in total. The van der Waals surface area contributed by atoms with Crippen molar-refractivity contribution in [3.63, 3.8) is 0 Å². The average molecular weight is 427 g/mol. The highest BCUT2D eigenvalue weighted by Crippen LogP contribution is 2.72. The van der Waals surface area contributed by atoms with E-state index in [1.165, 1.54) is 35.6 Å². The number of nitrogens with zero attached hydrogens (tertiary/aromatic N) is 1.